The highest BCUT2D eigenvalue weighted by molar-refractivity contribution is 7.99. The summed E-state index contributed by atoms with van der Waals surface area (Å²) in [6.45, 7) is -0.450. The number of anilines is 1. The number of aromatic nitrogens is 1. The van der Waals surface area contributed by atoms with Crippen LogP contribution in [-0.2, 0) is 21.0 Å². The van der Waals surface area contributed by atoms with Crippen molar-refractivity contribution in [2.24, 2.45) is 0 Å². The Balaban J connectivity index is 1.78. The third kappa shape index (κ3) is 6.72. The number of nitrogens with one attached hydrogen (secondary N) is 1. The lowest BCUT2D eigenvalue weighted by molar-refractivity contribution is -0.137. The van der Waals surface area contributed by atoms with E-state index in [1.165, 1.54) is 42.1 Å². The molecule has 0 aliphatic carbocycles. The molecule has 1 heterocycles. The topological polar surface area (TPSA) is 79.4 Å². The molecule has 0 aliphatic rings. The van der Waals surface area contributed by atoms with E-state index in [9.17, 15) is 26.4 Å². The maximum Gasteiger partial charge on any atom is 0.416 e. The van der Waals surface area contributed by atoms with Crippen molar-refractivity contribution >= 4 is 33.4 Å². The number of hydrogen-bond donors (Lipinski definition) is 1. The van der Waals surface area contributed by atoms with Gasteiger partial charge < -0.3 is 5.32 Å². The lowest BCUT2D eigenvalue weighted by Crippen LogP contribution is -2.41. The van der Waals surface area contributed by atoms with Gasteiger partial charge in [0.2, 0.25) is 5.91 Å². The van der Waals surface area contributed by atoms with Gasteiger partial charge in [0, 0.05) is 18.5 Å². The van der Waals surface area contributed by atoms with Crippen molar-refractivity contribution in [3.05, 3.63) is 84.6 Å². The summed E-state index contributed by atoms with van der Waals surface area (Å²) in [4.78, 5) is 16.5. The molecule has 1 N–H and O–H groups in total. The van der Waals surface area contributed by atoms with Crippen LogP contribution < -0.4 is 9.62 Å². The van der Waals surface area contributed by atoms with Gasteiger partial charge in [0.05, 0.1) is 21.2 Å². The summed E-state index contributed by atoms with van der Waals surface area (Å²) in [5.74, 6) is -0.161. The van der Waals surface area contributed by atoms with Crippen molar-refractivity contribution in [3.8, 4) is 0 Å². The Kier molecular flexibility index (Phi) is 7.98. The standard InChI is InChI=1S/C22H20F3N3O3S2/c23-22(24,25)17-7-6-8-18(15-17)28(33(30,31)19-9-2-1-3-10-19)16-20(29)26-13-14-32-21-11-4-5-12-27-21/h1-12,15H,13-14,16H2,(H,26,29). The minimum Gasteiger partial charge on any atom is -0.354 e. The predicted octanol–water partition coefficient (Wildman–Crippen LogP) is 4.20. The molecule has 0 aliphatic heterocycles. The molecule has 11 heteroatoms. The number of nitrogens with zero attached hydrogens (tertiary/aromatic N) is 2. The highest BCUT2D eigenvalue weighted by Gasteiger charge is 2.33. The van der Waals surface area contributed by atoms with E-state index in [1.807, 2.05) is 12.1 Å². The normalized spacial score (nSPS) is 11.7. The smallest absolute Gasteiger partial charge is 0.354 e. The van der Waals surface area contributed by atoms with E-state index in [0.717, 1.165) is 17.2 Å². The van der Waals surface area contributed by atoms with Crippen LogP contribution in [0.15, 0.2) is 88.9 Å². The number of carbonyl (C=O) groups excluding carboxylic acids is 1. The Morgan fingerprint density at radius 1 is 1.00 bits per heavy atom. The second-order valence-corrected chi connectivity index (χ2v) is 9.72. The quantitative estimate of drug-likeness (QED) is 0.356. The number of sulfonamides is 1. The van der Waals surface area contributed by atoms with E-state index in [0.29, 0.717) is 16.1 Å². The van der Waals surface area contributed by atoms with Crippen molar-refractivity contribution in [2.75, 3.05) is 23.1 Å². The fourth-order valence-electron chi connectivity index (χ4n) is 2.84. The molecule has 174 valence electrons. The van der Waals surface area contributed by atoms with Crippen LogP contribution >= 0.6 is 11.8 Å². The van der Waals surface area contributed by atoms with E-state index >= 15 is 0 Å². The number of pyridine rings is 1. The summed E-state index contributed by atoms with van der Waals surface area (Å²) in [5, 5.41) is 3.37. The first-order valence-corrected chi connectivity index (χ1v) is 12.2. The van der Waals surface area contributed by atoms with E-state index in [4.69, 9.17) is 0 Å². The maximum atomic E-state index is 13.2. The van der Waals surface area contributed by atoms with Crippen LogP contribution in [0.1, 0.15) is 5.56 Å². The molecular weight excluding hydrogens is 475 g/mol. The van der Waals surface area contributed by atoms with Gasteiger partial charge in [0.15, 0.2) is 0 Å². The molecule has 0 bridgehead atoms. The molecule has 3 rings (SSSR count). The number of amides is 1. The van der Waals surface area contributed by atoms with Gasteiger partial charge in [-0.05, 0) is 42.5 Å². The van der Waals surface area contributed by atoms with Gasteiger partial charge in [-0.1, -0.05) is 30.3 Å². The molecule has 0 saturated carbocycles. The van der Waals surface area contributed by atoms with E-state index in [2.05, 4.69) is 10.3 Å². The molecule has 3 aromatic rings. The molecule has 0 fully saturated rings. The van der Waals surface area contributed by atoms with Crippen LogP contribution in [0.3, 0.4) is 0 Å². The largest absolute Gasteiger partial charge is 0.416 e. The maximum absolute atomic E-state index is 13.2. The van der Waals surface area contributed by atoms with Gasteiger partial charge in [-0.25, -0.2) is 13.4 Å². The fraction of sp³-hybridized carbons (Fsp3) is 0.182. The first-order valence-electron chi connectivity index (χ1n) is 9.73. The minimum atomic E-state index is -4.66. The number of alkyl halides is 3. The summed E-state index contributed by atoms with van der Waals surface area (Å²) in [5.41, 5.74) is -1.27. The Hall–Kier alpha value is -3.05. The third-order valence-electron chi connectivity index (χ3n) is 4.39. The minimum absolute atomic E-state index is 0.138. The number of carbonyl (C=O) groups is 1. The zero-order chi connectivity index (χ0) is 23.9. The first kappa shape index (κ1) is 24.6. The van der Waals surface area contributed by atoms with Crippen molar-refractivity contribution in [1.82, 2.24) is 10.3 Å². The second kappa shape index (κ2) is 10.7. The van der Waals surface area contributed by atoms with Crippen LogP contribution in [0.2, 0.25) is 0 Å². The summed E-state index contributed by atoms with van der Waals surface area (Å²) < 4.78 is 66.7. The van der Waals surface area contributed by atoms with Gasteiger partial charge in [0.1, 0.15) is 6.54 Å². The molecule has 0 atom stereocenters. The van der Waals surface area contributed by atoms with Gasteiger partial charge in [-0.15, -0.1) is 11.8 Å². The molecule has 33 heavy (non-hydrogen) atoms. The summed E-state index contributed by atoms with van der Waals surface area (Å²) >= 11 is 1.40. The number of halogens is 3. The van der Waals surface area contributed by atoms with E-state index < -0.39 is 34.2 Å². The van der Waals surface area contributed by atoms with Crippen LogP contribution in [0.4, 0.5) is 18.9 Å². The number of hydrogen-bond acceptors (Lipinski definition) is 5. The summed E-state index contributed by atoms with van der Waals surface area (Å²) in [6.07, 6.45) is -3.02. The Morgan fingerprint density at radius 2 is 1.73 bits per heavy atom. The molecular formula is C22H20F3N3O3S2. The number of rotatable bonds is 9. The molecule has 2 aromatic carbocycles. The van der Waals surface area contributed by atoms with Crippen LogP contribution in [-0.4, -0.2) is 38.2 Å². The highest BCUT2D eigenvalue weighted by atomic mass is 32.2. The number of thioether (sulfide) groups is 1. The van der Waals surface area contributed by atoms with E-state index in [1.54, 1.807) is 18.3 Å². The number of benzene rings is 2. The summed E-state index contributed by atoms with van der Waals surface area (Å²) in [6, 6.07) is 16.5. The van der Waals surface area contributed by atoms with Crippen LogP contribution in [0.5, 0.6) is 0 Å². The lowest BCUT2D eigenvalue weighted by Gasteiger charge is -2.25. The molecule has 1 aromatic heterocycles. The first-order chi connectivity index (χ1) is 15.7. The van der Waals surface area contributed by atoms with E-state index in [-0.39, 0.29) is 17.1 Å². The zero-order valence-corrected chi connectivity index (χ0v) is 18.8. The molecule has 6 nitrogen and oxygen atoms in total. The van der Waals surface area contributed by atoms with Crippen molar-refractivity contribution in [2.45, 2.75) is 16.1 Å². The third-order valence-corrected chi connectivity index (χ3v) is 7.13. The Bertz CT molecular complexity index is 1180. The monoisotopic (exact) mass is 495 g/mol. The van der Waals surface area contributed by atoms with Crippen molar-refractivity contribution < 1.29 is 26.4 Å². The van der Waals surface area contributed by atoms with Crippen LogP contribution in [0, 0.1) is 0 Å². The summed E-state index contributed by atoms with van der Waals surface area (Å²) in [7, 11) is -4.30. The lowest BCUT2D eigenvalue weighted by atomic mass is 10.2. The SMILES string of the molecule is O=C(CN(c1cccc(C(F)(F)F)c1)S(=O)(=O)c1ccccc1)NCCSc1ccccn1. The average Bonchev–Trinajstić information content (AvgIpc) is 2.81. The molecule has 0 unspecified atom stereocenters. The van der Waals surface area contributed by atoms with Crippen LogP contribution in [0.25, 0.3) is 0 Å². The van der Waals surface area contributed by atoms with Crippen molar-refractivity contribution in [3.63, 3.8) is 0 Å². The van der Waals surface area contributed by atoms with Gasteiger partial charge in [0.25, 0.3) is 10.0 Å². The molecule has 0 spiro atoms. The van der Waals surface area contributed by atoms with Gasteiger partial charge in [-0.2, -0.15) is 13.2 Å². The fourth-order valence-corrected chi connectivity index (χ4v) is 4.99. The Labute approximate surface area is 193 Å². The Morgan fingerprint density at radius 3 is 2.39 bits per heavy atom. The van der Waals surface area contributed by atoms with Gasteiger partial charge in [-0.3, -0.25) is 9.10 Å². The van der Waals surface area contributed by atoms with Crippen molar-refractivity contribution in [1.29, 1.82) is 0 Å². The zero-order valence-electron chi connectivity index (χ0n) is 17.2. The predicted molar refractivity (Wildman–Crippen MR) is 120 cm³/mol. The highest BCUT2D eigenvalue weighted by Crippen LogP contribution is 2.33. The van der Waals surface area contributed by atoms with Gasteiger partial charge >= 0.3 is 6.18 Å². The molecule has 1 amide bonds. The molecule has 0 saturated heterocycles. The average molecular weight is 496 g/mol. The second-order valence-electron chi connectivity index (χ2n) is 6.74. The molecule has 0 radical (unpaired) electrons.